The van der Waals surface area contributed by atoms with Crippen LogP contribution in [-0.2, 0) is 0 Å². The van der Waals surface area contributed by atoms with Gasteiger partial charge in [-0.25, -0.2) is 4.39 Å². The Morgan fingerprint density at radius 1 is 1.25 bits per heavy atom. The van der Waals surface area contributed by atoms with Crippen molar-refractivity contribution in [2.75, 3.05) is 0 Å². The van der Waals surface area contributed by atoms with E-state index in [1.165, 1.54) is 12.1 Å². The molecule has 0 amide bonds. The molecule has 0 atom stereocenters. The van der Waals surface area contributed by atoms with Crippen molar-refractivity contribution in [3.8, 4) is 0 Å². The minimum atomic E-state index is -0.296. The van der Waals surface area contributed by atoms with E-state index in [-0.39, 0.29) is 11.7 Å². The number of allylic oxidation sites excluding steroid dienone is 2. The van der Waals surface area contributed by atoms with Gasteiger partial charge < -0.3 is 5.73 Å². The molecule has 0 saturated carbocycles. The number of benzene rings is 1. The standard InChI is InChI=1S/C13H17FN2/c1-8(2)12(15)9(3)13(16)10-4-6-11(14)7-5-10/h4-8,16H,15H2,1-3H3/b12-9-,16-13?. The fourth-order valence-corrected chi connectivity index (χ4v) is 1.41. The van der Waals surface area contributed by atoms with Gasteiger partial charge >= 0.3 is 0 Å². The van der Waals surface area contributed by atoms with Crippen molar-refractivity contribution in [2.24, 2.45) is 11.7 Å². The summed E-state index contributed by atoms with van der Waals surface area (Å²) >= 11 is 0. The Kier molecular flexibility index (Phi) is 3.82. The van der Waals surface area contributed by atoms with E-state index < -0.39 is 0 Å². The molecule has 0 bridgehead atoms. The van der Waals surface area contributed by atoms with E-state index >= 15 is 0 Å². The molecule has 3 heteroatoms. The van der Waals surface area contributed by atoms with Gasteiger partial charge in [0.25, 0.3) is 0 Å². The van der Waals surface area contributed by atoms with Crippen LogP contribution in [0.25, 0.3) is 0 Å². The highest BCUT2D eigenvalue weighted by molar-refractivity contribution is 6.10. The maximum absolute atomic E-state index is 12.7. The minimum absolute atomic E-state index is 0.209. The first-order chi connectivity index (χ1) is 7.43. The lowest BCUT2D eigenvalue weighted by molar-refractivity contribution is 0.628. The lowest BCUT2D eigenvalue weighted by Crippen LogP contribution is -2.13. The number of hydrogen-bond donors (Lipinski definition) is 2. The summed E-state index contributed by atoms with van der Waals surface area (Å²) in [4.78, 5) is 0. The first kappa shape index (κ1) is 12.4. The maximum Gasteiger partial charge on any atom is 0.123 e. The summed E-state index contributed by atoms with van der Waals surface area (Å²) in [6, 6.07) is 5.88. The molecule has 1 aromatic rings. The Morgan fingerprint density at radius 2 is 1.75 bits per heavy atom. The normalized spacial score (nSPS) is 12.6. The third kappa shape index (κ3) is 2.69. The van der Waals surface area contributed by atoms with Crippen molar-refractivity contribution in [2.45, 2.75) is 20.8 Å². The largest absolute Gasteiger partial charge is 0.402 e. The Hall–Kier alpha value is -1.64. The Balaban J connectivity index is 3.03. The van der Waals surface area contributed by atoms with Crippen LogP contribution in [0.4, 0.5) is 4.39 Å². The summed E-state index contributed by atoms with van der Waals surface area (Å²) in [5.41, 5.74) is 8.38. The van der Waals surface area contributed by atoms with E-state index in [2.05, 4.69) is 0 Å². The molecule has 0 aromatic heterocycles. The molecular weight excluding hydrogens is 203 g/mol. The van der Waals surface area contributed by atoms with Crippen molar-refractivity contribution in [3.05, 3.63) is 46.9 Å². The molecule has 0 heterocycles. The number of rotatable bonds is 3. The third-order valence-electron chi connectivity index (χ3n) is 2.56. The van der Waals surface area contributed by atoms with E-state index in [0.717, 1.165) is 5.57 Å². The van der Waals surface area contributed by atoms with Gasteiger partial charge in [0, 0.05) is 5.70 Å². The Labute approximate surface area is 95.5 Å². The predicted octanol–water partition coefficient (Wildman–Crippen LogP) is 3.08. The molecule has 0 aliphatic rings. The van der Waals surface area contributed by atoms with Crippen LogP contribution in [0.3, 0.4) is 0 Å². The molecule has 16 heavy (non-hydrogen) atoms. The van der Waals surface area contributed by atoms with Gasteiger partial charge in [0.05, 0.1) is 5.71 Å². The van der Waals surface area contributed by atoms with Crippen LogP contribution in [0.15, 0.2) is 35.5 Å². The fraction of sp³-hybridized carbons (Fsp3) is 0.308. The second-order valence-corrected chi connectivity index (χ2v) is 4.12. The number of nitrogens with two attached hydrogens (primary N) is 1. The number of nitrogens with one attached hydrogen (secondary N) is 1. The fourth-order valence-electron chi connectivity index (χ4n) is 1.41. The van der Waals surface area contributed by atoms with Gasteiger partial charge in [-0.3, -0.25) is 5.41 Å². The molecule has 0 radical (unpaired) electrons. The molecule has 3 N–H and O–H groups in total. The summed E-state index contributed by atoms with van der Waals surface area (Å²) < 4.78 is 12.7. The average Bonchev–Trinajstić information content (AvgIpc) is 2.27. The smallest absolute Gasteiger partial charge is 0.123 e. The van der Waals surface area contributed by atoms with E-state index in [0.29, 0.717) is 17.0 Å². The molecule has 1 rings (SSSR count). The van der Waals surface area contributed by atoms with Gasteiger partial charge in [-0.05, 0) is 48.2 Å². The third-order valence-corrected chi connectivity index (χ3v) is 2.56. The van der Waals surface area contributed by atoms with Gasteiger partial charge in [0.15, 0.2) is 0 Å². The molecule has 0 saturated heterocycles. The highest BCUT2D eigenvalue weighted by Gasteiger charge is 2.09. The Morgan fingerprint density at radius 3 is 2.19 bits per heavy atom. The zero-order valence-corrected chi connectivity index (χ0v) is 9.84. The lowest BCUT2D eigenvalue weighted by Gasteiger charge is -2.12. The second-order valence-electron chi connectivity index (χ2n) is 4.12. The van der Waals surface area contributed by atoms with Crippen molar-refractivity contribution in [3.63, 3.8) is 0 Å². The maximum atomic E-state index is 12.7. The highest BCUT2D eigenvalue weighted by atomic mass is 19.1. The SMILES string of the molecule is C/C(C(=N)c1ccc(F)cc1)=C(/N)C(C)C. The molecule has 0 spiro atoms. The predicted molar refractivity (Wildman–Crippen MR) is 65.0 cm³/mol. The molecule has 0 fully saturated rings. The van der Waals surface area contributed by atoms with Crippen LogP contribution in [-0.4, -0.2) is 5.71 Å². The van der Waals surface area contributed by atoms with Crippen molar-refractivity contribution in [1.82, 2.24) is 0 Å². The van der Waals surface area contributed by atoms with Gasteiger partial charge in [-0.2, -0.15) is 0 Å². The van der Waals surface area contributed by atoms with Crippen molar-refractivity contribution >= 4 is 5.71 Å². The summed E-state index contributed by atoms with van der Waals surface area (Å²) in [7, 11) is 0. The van der Waals surface area contributed by atoms with Crippen LogP contribution < -0.4 is 5.73 Å². The van der Waals surface area contributed by atoms with E-state index in [1.807, 2.05) is 20.8 Å². The topological polar surface area (TPSA) is 49.9 Å². The van der Waals surface area contributed by atoms with E-state index in [4.69, 9.17) is 11.1 Å². The quantitative estimate of drug-likeness (QED) is 0.755. The van der Waals surface area contributed by atoms with Crippen molar-refractivity contribution in [1.29, 1.82) is 5.41 Å². The molecule has 0 aliphatic carbocycles. The minimum Gasteiger partial charge on any atom is -0.402 e. The van der Waals surface area contributed by atoms with Gasteiger partial charge in [-0.15, -0.1) is 0 Å². The van der Waals surface area contributed by atoms with Crippen LogP contribution in [0.2, 0.25) is 0 Å². The molecular formula is C13H17FN2. The van der Waals surface area contributed by atoms with Crippen molar-refractivity contribution < 1.29 is 4.39 Å². The highest BCUT2D eigenvalue weighted by Crippen LogP contribution is 2.14. The average molecular weight is 220 g/mol. The second kappa shape index (κ2) is 4.92. The van der Waals surface area contributed by atoms with Gasteiger partial charge in [0.2, 0.25) is 0 Å². The van der Waals surface area contributed by atoms with Gasteiger partial charge in [0.1, 0.15) is 5.82 Å². The van der Waals surface area contributed by atoms with Gasteiger partial charge in [-0.1, -0.05) is 13.8 Å². The van der Waals surface area contributed by atoms with E-state index in [9.17, 15) is 4.39 Å². The monoisotopic (exact) mass is 220 g/mol. The number of hydrogen-bond acceptors (Lipinski definition) is 2. The summed E-state index contributed by atoms with van der Waals surface area (Å²) in [6.45, 7) is 5.79. The first-order valence-corrected chi connectivity index (χ1v) is 5.24. The first-order valence-electron chi connectivity index (χ1n) is 5.24. The van der Waals surface area contributed by atoms with Crippen LogP contribution in [0.1, 0.15) is 26.3 Å². The van der Waals surface area contributed by atoms with Crippen LogP contribution in [0, 0.1) is 17.1 Å². The van der Waals surface area contributed by atoms with E-state index in [1.54, 1.807) is 12.1 Å². The molecule has 0 unspecified atom stereocenters. The van der Waals surface area contributed by atoms with Crippen LogP contribution in [0.5, 0.6) is 0 Å². The zero-order valence-electron chi connectivity index (χ0n) is 9.84. The zero-order chi connectivity index (χ0) is 12.3. The Bertz CT molecular complexity index is 416. The summed E-state index contributed by atoms with van der Waals surface area (Å²) in [6.07, 6.45) is 0. The summed E-state index contributed by atoms with van der Waals surface area (Å²) in [5.74, 6) is -0.0872. The molecule has 86 valence electrons. The molecule has 0 aliphatic heterocycles. The summed E-state index contributed by atoms with van der Waals surface area (Å²) in [5, 5.41) is 7.97. The molecule has 2 nitrogen and oxygen atoms in total. The number of halogens is 1. The molecule has 1 aromatic carbocycles. The van der Waals surface area contributed by atoms with Crippen LogP contribution >= 0.6 is 0 Å². The lowest BCUT2D eigenvalue weighted by atomic mass is 9.98.